The van der Waals surface area contributed by atoms with Gasteiger partial charge in [-0.1, -0.05) is 19.1 Å². The maximum atomic E-state index is 11.0. The lowest BCUT2D eigenvalue weighted by molar-refractivity contribution is -0.137. The predicted octanol–water partition coefficient (Wildman–Crippen LogP) is 3.45. The second kappa shape index (κ2) is 3.84. The molecule has 84 valence electrons. The molecule has 0 aromatic heterocycles. The van der Waals surface area contributed by atoms with E-state index < -0.39 is 0 Å². The van der Waals surface area contributed by atoms with E-state index in [9.17, 15) is 4.79 Å². The third kappa shape index (κ3) is 2.31. The van der Waals surface area contributed by atoms with Gasteiger partial charge in [0.2, 0.25) is 0 Å². The number of carbonyl (C=O) groups excluding carboxylic acids is 1. The second-order valence-electron chi connectivity index (χ2n) is 4.91. The minimum Gasteiger partial charge on any atom is -0.431 e. The van der Waals surface area contributed by atoms with E-state index in [2.05, 4.69) is 13.5 Å². The molecule has 0 heterocycles. The first-order valence-corrected chi connectivity index (χ1v) is 5.31. The fourth-order valence-electron chi connectivity index (χ4n) is 1.90. The van der Waals surface area contributed by atoms with Crippen molar-refractivity contribution < 1.29 is 9.53 Å². The fourth-order valence-corrected chi connectivity index (χ4v) is 1.90. The van der Waals surface area contributed by atoms with Crippen molar-refractivity contribution in [3.05, 3.63) is 23.5 Å². The highest BCUT2D eigenvalue weighted by Crippen LogP contribution is 2.60. The van der Waals surface area contributed by atoms with Crippen LogP contribution in [0.4, 0.5) is 0 Å². The summed E-state index contributed by atoms with van der Waals surface area (Å²) in [5.41, 5.74) is 2.38. The van der Waals surface area contributed by atoms with Crippen LogP contribution in [0.15, 0.2) is 23.5 Å². The molecule has 0 amide bonds. The van der Waals surface area contributed by atoms with Crippen LogP contribution in [-0.2, 0) is 9.53 Å². The van der Waals surface area contributed by atoms with Crippen LogP contribution < -0.4 is 0 Å². The smallest absolute Gasteiger partial charge is 0.307 e. The van der Waals surface area contributed by atoms with Gasteiger partial charge in [0.15, 0.2) is 0 Å². The highest BCUT2D eigenvalue weighted by molar-refractivity contribution is 5.67. The monoisotopic (exact) mass is 208 g/mol. The molecule has 2 atom stereocenters. The van der Waals surface area contributed by atoms with Gasteiger partial charge in [-0.2, -0.15) is 0 Å². The molecule has 1 saturated carbocycles. The van der Waals surface area contributed by atoms with E-state index in [4.69, 9.17) is 4.74 Å². The summed E-state index contributed by atoms with van der Waals surface area (Å²) < 4.78 is 5.28. The number of hydrogen-bond donors (Lipinski definition) is 0. The average Bonchev–Trinajstić information content (AvgIpc) is 2.74. The van der Waals surface area contributed by atoms with Crippen molar-refractivity contribution in [2.75, 3.05) is 0 Å². The predicted molar refractivity (Wildman–Crippen MR) is 61.2 cm³/mol. The Bertz CT molecular complexity index is 334. The van der Waals surface area contributed by atoms with Crippen LogP contribution in [0.25, 0.3) is 0 Å². The number of allylic oxidation sites excluding steroid dienone is 3. The van der Waals surface area contributed by atoms with E-state index in [1.165, 1.54) is 12.5 Å². The van der Waals surface area contributed by atoms with E-state index >= 15 is 0 Å². The van der Waals surface area contributed by atoms with Gasteiger partial charge in [0.25, 0.3) is 0 Å². The van der Waals surface area contributed by atoms with Crippen molar-refractivity contribution in [1.82, 2.24) is 0 Å². The average molecular weight is 208 g/mol. The minimum atomic E-state index is -0.234. The third-order valence-electron chi connectivity index (χ3n) is 3.28. The highest BCUT2D eigenvalue weighted by atomic mass is 16.5. The first kappa shape index (κ1) is 12.0. The van der Waals surface area contributed by atoms with Gasteiger partial charge >= 0.3 is 5.97 Å². The summed E-state index contributed by atoms with van der Waals surface area (Å²) in [6.45, 7) is 13.6. The molecule has 1 rings (SSSR count). The van der Waals surface area contributed by atoms with Crippen molar-refractivity contribution in [2.45, 2.75) is 41.0 Å². The Labute approximate surface area is 92.0 Å². The van der Waals surface area contributed by atoms with Gasteiger partial charge in [0.1, 0.15) is 5.76 Å². The van der Waals surface area contributed by atoms with Crippen LogP contribution in [-0.4, -0.2) is 5.97 Å². The summed E-state index contributed by atoms with van der Waals surface area (Å²) in [6, 6.07) is 0. The van der Waals surface area contributed by atoms with E-state index in [1.807, 2.05) is 20.8 Å². The molecule has 0 aromatic rings. The van der Waals surface area contributed by atoms with E-state index in [1.54, 1.807) is 0 Å². The number of ether oxygens (including phenoxy) is 1. The number of carbonyl (C=O) groups is 1. The summed E-state index contributed by atoms with van der Waals surface area (Å²) in [7, 11) is 0. The molecule has 1 fully saturated rings. The Balaban J connectivity index is 2.84. The first-order valence-electron chi connectivity index (χ1n) is 5.31. The van der Waals surface area contributed by atoms with Crippen molar-refractivity contribution in [2.24, 2.45) is 11.3 Å². The topological polar surface area (TPSA) is 26.3 Å². The molecule has 0 N–H and O–H groups in total. The summed E-state index contributed by atoms with van der Waals surface area (Å²) in [6.07, 6.45) is 1.04. The second-order valence-corrected chi connectivity index (χ2v) is 4.91. The maximum Gasteiger partial charge on any atom is 0.307 e. The van der Waals surface area contributed by atoms with Crippen LogP contribution in [0.1, 0.15) is 41.0 Å². The Kier molecular flexibility index (Phi) is 3.08. The molecule has 0 bridgehead atoms. The van der Waals surface area contributed by atoms with Gasteiger partial charge in [-0.05, 0) is 38.2 Å². The van der Waals surface area contributed by atoms with E-state index in [-0.39, 0.29) is 11.4 Å². The zero-order valence-electron chi connectivity index (χ0n) is 10.3. The standard InChI is InChI=1S/C13H20O2/c1-8(2)12(15-10(5)14)11-7-13(11,6)9(3)4/h11H,3,7H2,1-2,4-6H3/t11-,13-/m0/s1. The highest BCUT2D eigenvalue weighted by Gasteiger charge is 2.54. The number of esters is 1. The number of rotatable bonds is 3. The molecule has 0 aromatic carbocycles. The molecule has 2 heteroatoms. The molecule has 0 unspecified atom stereocenters. The van der Waals surface area contributed by atoms with Crippen molar-refractivity contribution >= 4 is 5.97 Å². The van der Waals surface area contributed by atoms with Gasteiger partial charge in [-0.3, -0.25) is 4.79 Å². The molecule has 0 spiro atoms. The van der Waals surface area contributed by atoms with Crippen molar-refractivity contribution in [3.8, 4) is 0 Å². The lowest BCUT2D eigenvalue weighted by Gasteiger charge is -2.14. The zero-order valence-corrected chi connectivity index (χ0v) is 10.3. The van der Waals surface area contributed by atoms with E-state index in [0.717, 1.165) is 17.8 Å². The molecule has 2 nitrogen and oxygen atoms in total. The quantitative estimate of drug-likeness (QED) is 0.403. The molecule has 0 aliphatic heterocycles. The van der Waals surface area contributed by atoms with Crippen LogP contribution >= 0.6 is 0 Å². The van der Waals surface area contributed by atoms with Crippen LogP contribution in [0.3, 0.4) is 0 Å². The SMILES string of the molecule is C=C(C)[C@]1(C)C[C@H]1C(OC(C)=O)=C(C)C. The molecule has 0 saturated heterocycles. The molecular weight excluding hydrogens is 188 g/mol. The molecule has 1 aliphatic rings. The van der Waals surface area contributed by atoms with Gasteiger partial charge < -0.3 is 4.74 Å². The van der Waals surface area contributed by atoms with Crippen LogP contribution in [0, 0.1) is 11.3 Å². The lowest BCUT2D eigenvalue weighted by atomic mass is 9.96. The Morgan fingerprint density at radius 3 is 2.13 bits per heavy atom. The van der Waals surface area contributed by atoms with Gasteiger partial charge in [0, 0.05) is 12.8 Å². The summed E-state index contributed by atoms with van der Waals surface area (Å²) >= 11 is 0. The van der Waals surface area contributed by atoms with E-state index in [0.29, 0.717) is 5.92 Å². The Hall–Kier alpha value is -1.05. The van der Waals surface area contributed by atoms with Crippen molar-refractivity contribution in [3.63, 3.8) is 0 Å². The zero-order chi connectivity index (χ0) is 11.8. The normalized spacial score (nSPS) is 28.2. The minimum absolute atomic E-state index is 0.127. The fraction of sp³-hybridized carbons (Fsp3) is 0.615. The van der Waals surface area contributed by atoms with Gasteiger partial charge in [-0.25, -0.2) is 0 Å². The molecule has 15 heavy (non-hydrogen) atoms. The summed E-state index contributed by atoms with van der Waals surface area (Å²) in [5.74, 6) is 0.944. The molecule has 0 radical (unpaired) electrons. The molecule has 1 aliphatic carbocycles. The van der Waals surface area contributed by atoms with Crippen LogP contribution in [0.5, 0.6) is 0 Å². The third-order valence-corrected chi connectivity index (χ3v) is 3.28. The lowest BCUT2D eigenvalue weighted by Crippen LogP contribution is -2.08. The first-order chi connectivity index (χ1) is 6.79. The number of hydrogen-bond acceptors (Lipinski definition) is 2. The maximum absolute atomic E-state index is 11.0. The summed E-state index contributed by atoms with van der Waals surface area (Å²) in [5, 5.41) is 0. The van der Waals surface area contributed by atoms with Crippen molar-refractivity contribution in [1.29, 1.82) is 0 Å². The Morgan fingerprint density at radius 2 is 1.87 bits per heavy atom. The van der Waals surface area contributed by atoms with Gasteiger partial charge in [-0.15, -0.1) is 0 Å². The summed E-state index contributed by atoms with van der Waals surface area (Å²) in [4.78, 5) is 11.0. The molecular formula is C13H20O2. The van der Waals surface area contributed by atoms with Crippen LogP contribution in [0.2, 0.25) is 0 Å². The Morgan fingerprint density at radius 1 is 1.33 bits per heavy atom. The van der Waals surface area contributed by atoms with Gasteiger partial charge in [0.05, 0.1) is 0 Å². The largest absolute Gasteiger partial charge is 0.431 e.